The number of thioether (sulfide) groups is 1. The monoisotopic (exact) mass is 347 g/mol. The van der Waals surface area contributed by atoms with Crippen LogP contribution in [0.5, 0.6) is 5.75 Å². The van der Waals surface area contributed by atoms with Crippen LogP contribution in [0.4, 0.5) is 5.69 Å². The van der Waals surface area contributed by atoms with E-state index in [0.29, 0.717) is 27.3 Å². The molecule has 1 aromatic carbocycles. The molecule has 1 aromatic heterocycles. The first-order valence-electron chi connectivity index (χ1n) is 6.74. The maximum absolute atomic E-state index is 12.7. The van der Waals surface area contributed by atoms with Gasteiger partial charge in [-0.3, -0.25) is 9.69 Å². The summed E-state index contributed by atoms with van der Waals surface area (Å²) >= 11 is 8.31. The Labute approximate surface area is 142 Å². The van der Waals surface area contributed by atoms with E-state index in [9.17, 15) is 4.79 Å². The summed E-state index contributed by atoms with van der Waals surface area (Å²) < 4.78 is 6.13. The van der Waals surface area contributed by atoms with Gasteiger partial charge in [0.2, 0.25) is 0 Å². The number of rotatable bonds is 4. The van der Waals surface area contributed by atoms with Gasteiger partial charge in [-0.05, 0) is 36.6 Å². The van der Waals surface area contributed by atoms with E-state index in [1.165, 1.54) is 11.8 Å². The van der Waals surface area contributed by atoms with Crippen LogP contribution in [-0.2, 0) is 4.79 Å². The van der Waals surface area contributed by atoms with Gasteiger partial charge in [-0.1, -0.05) is 42.2 Å². The average molecular weight is 347 g/mol. The van der Waals surface area contributed by atoms with Crippen molar-refractivity contribution in [3.05, 3.63) is 51.6 Å². The van der Waals surface area contributed by atoms with Gasteiger partial charge in [-0.25, -0.2) is 0 Å². The second-order valence-electron chi connectivity index (χ2n) is 4.43. The minimum Gasteiger partial charge on any atom is -0.492 e. The molecule has 0 unspecified atom stereocenters. The van der Waals surface area contributed by atoms with Crippen LogP contribution in [-0.4, -0.2) is 16.8 Å². The molecule has 1 aliphatic rings. The van der Waals surface area contributed by atoms with Gasteiger partial charge >= 0.3 is 0 Å². The van der Waals surface area contributed by atoms with Gasteiger partial charge in [0, 0.05) is 4.88 Å². The number of para-hydroxylation sites is 2. The average Bonchev–Trinajstić information content (AvgIpc) is 3.10. The predicted molar refractivity (Wildman–Crippen MR) is 97.6 cm³/mol. The normalized spacial score (nSPS) is 16.6. The molecule has 3 rings (SSSR count). The maximum atomic E-state index is 12.7. The molecule has 2 aromatic rings. The van der Waals surface area contributed by atoms with Crippen molar-refractivity contribution in [2.24, 2.45) is 0 Å². The van der Waals surface area contributed by atoms with Crippen molar-refractivity contribution >= 4 is 57.3 Å². The van der Waals surface area contributed by atoms with Crippen molar-refractivity contribution in [1.29, 1.82) is 0 Å². The molecule has 1 fully saturated rings. The molecule has 6 heteroatoms. The van der Waals surface area contributed by atoms with Crippen LogP contribution >= 0.6 is 35.3 Å². The standard InChI is InChI=1S/C16H13NO2S3/c1-2-19-13-8-4-3-7-12(13)17-15(18)14(22-16(17)20)10-11-6-5-9-21-11/h3-10H,2H2,1H3/b14-10-. The lowest BCUT2D eigenvalue weighted by molar-refractivity contribution is -0.113. The maximum Gasteiger partial charge on any atom is 0.270 e. The molecule has 3 nitrogen and oxygen atoms in total. The van der Waals surface area contributed by atoms with Crippen LogP contribution in [0.1, 0.15) is 11.8 Å². The number of benzene rings is 1. The number of carbonyl (C=O) groups excluding carboxylic acids is 1. The Bertz CT molecular complexity index is 738. The van der Waals surface area contributed by atoms with Crippen LogP contribution in [0.15, 0.2) is 46.7 Å². The van der Waals surface area contributed by atoms with E-state index >= 15 is 0 Å². The fourth-order valence-electron chi connectivity index (χ4n) is 2.10. The third kappa shape index (κ3) is 2.95. The van der Waals surface area contributed by atoms with E-state index in [4.69, 9.17) is 17.0 Å². The predicted octanol–water partition coefficient (Wildman–Crippen LogP) is 4.55. The van der Waals surface area contributed by atoms with Crippen molar-refractivity contribution in [2.75, 3.05) is 11.5 Å². The first kappa shape index (κ1) is 15.3. The highest BCUT2D eigenvalue weighted by atomic mass is 32.2. The van der Waals surface area contributed by atoms with E-state index in [1.54, 1.807) is 16.2 Å². The second-order valence-corrected chi connectivity index (χ2v) is 7.09. The number of nitrogens with zero attached hydrogens (tertiary/aromatic N) is 1. The summed E-state index contributed by atoms with van der Waals surface area (Å²) in [6.45, 7) is 2.45. The molecule has 0 atom stereocenters. The number of thiophene rings is 1. The van der Waals surface area contributed by atoms with Crippen LogP contribution < -0.4 is 9.64 Å². The highest BCUT2D eigenvalue weighted by Crippen LogP contribution is 2.40. The Morgan fingerprint density at radius 1 is 1.27 bits per heavy atom. The highest BCUT2D eigenvalue weighted by Gasteiger charge is 2.34. The third-order valence-corrected chi connectivity index (χ3v) is 5.14. The molecule has 1 aliphatic heterocycles. The highest BCUT2D eigenvalue weighted by molar-refractivity contribution is 8.27. The molecule has 0 radical (unpaired) electrons. The summed E-state index contributed by atoms with van der Waals surface area (Å²) in [7, 11) is 0. The van der Waals surface area contributed by atoms with E-state index in [1.807, 2.05) is 54.8 Å². The lowest BCUT2D eigenvalue weighted by Gasteiger charge is -2.18. The Morgan fingerprint density at radius 2 is 2.09 bits per heavy atom. The molecule has 0 aliphatic carbocycles. The smallest absolute Gasteiger partial charge is 0.270 e. The summed E-state index contributed by atoms with van der Waals surface area (Å²) in [6, 6.07) is 11.4. The van der Waals surface area contributed by atoms with E-state index < -0.39 is 0 Å². The Balaban J connectivity index is 1.96. The fraction of sp³-hybridized carbons (Fsp3) is 0.125. The van der Waals surface area contributed by atoms with E-state index in [0.717, 1.165) is 4.88 Å². The summed E-state index contributed by atoms with van der Waals surface area (Å²) in [5, 5.41) is 1.98. The Morgan fingerprint density at radius 3 is 2.82 bits per heavy atom. The minimum absolute atomic E-state index is 0.101. The number of anilines is 1. The van der Waals surface area contributed by atoms with Crippen molar-refractivity contribution in [2.45, 2.75) is 6.92 Å². The zero-order valence-corrected chi connectivity index (χ0v) is 14.3. The van der Waals surface area contributed by atoms with Gasteiger partial charge in [0.15, 0.2) is 4.32 Å². The van der Waals surface area contributed by atoms with Crippen LogP contribution in [0.3, 0.4) is 0 Å². The van der Waals surface area contributed by atoms with Crippen molar-refractivity contribution < 1.29 is 9.53 Å². The van der Waals surface area contributed by atoms with E-state index in [2.05, 4.69) is 0 Å². The summed E-state index contributed by atoms with van der Waals surface area (Å²) in [6.07, 6.45) is 1.88. The Hall–Kier alpha value is -1.63. The molecule has 112 valence electrons. The van der Waals surface area contributed by atoms with Gasteiger partial charge in [0.05, 0.1) is 17.2 Å². The minimum atomic E-state index is -0.101. The molecule has 1 saturated heterocycles. The molecular weight excluding hydrogens is 334 g/mol. The first-order chi connectivity index (χ1) is 10.7. The number of thiocarbonyl (C=S) groups is 1. The number of carbonyl (C=O) groups is 1. The van der Waals surface area contributed by atoms with Crippen LogP contribution in [0, 0.1) is 0 Å². The van der Waals surface area contributed by atoms with Gasteiger partial charge in [-0.2, -0.15) is 0 Å². The van der Waals surface area contributed by atoms with E-state index in [-0.39, 0.29) is 5.91 Å². The topological polar surface area (TPSA) is 29.5 Å². The molecular formula is C16H13NO2S3. The number of ether oxygens (including phenoxy) is 1. The van der Waals surface area contributed by atoms with Crippen molar-refractivity contribution in [3.8, 4) is 5.75 Å². The molecule has 0 spiro atoms. The van der Waals surface area contributed by atoms with Crippen LogP contribution in [0.2, 0.25) is 0 Å². The first-order valence-corrected chi connectivity index (χ1v) is 8.84. The zero-order valence-electron chi connectivity index (χ0n) is 11.8. The molecule has 0 N–H and O–H groups in total. The van der Waals surface area contributed by atoms with Gasteiger partial charge in [0.25, 0.3) is 5.91 Å². The van der Waals surface area contributed by atoms with Crippen LogP contribution in [0.25, 0.3) is 6.08 Å². The SMILES string of the molecule is CCOc1ccccc1N1C(=O)/C(=C/c2cccs2)SC1=S. The molecule has 0 bridgehead atoms. The number of hydrogen-bond donors (Lipinski definition) is 0. The summed E-state index contributed by atoms with van der Waals surface area (Å²) in [5.41, 5.74) is 0.696. The quantitative estimate of drug-likeness (QED) is 0.599. The number of amides is 1. The molecule has 0 saturated carbocycles. The van der Waals surface area contributed by atoms with Crippen molar-refractivity contribution in [1.82, 2.24) is 0 Å². The lowest BCUT2D eigenvalue weighted by atomic mass is 10.2. The third-order valence-electron chi connectivity index (χ3n) is 3.02. The largest absolute Gasteiger partial charge is 0.492 e. The molecule has 2 heterocycles. The van der Waals surface area contributed by atoms with Gasteiger partial charge in [0.1, 0.15) is 5.75 Å². The fourth-order valence-corrected chi connectivity index (χ4v) is 4.11. The zero-order chi connectivity index (χ0) is 15.5. The van der Waals surface area contributed by atoms with Gasteiger partial charge in [-0.15, -0.1) is 11.3 Å². The second kappa shape index (κ2) is 6.64. The molecule has 22 heavy (non-hydrogen) atoms. The molecule has 1 amide bonds. The summed E-state index contributed by atoms with van der Waals surface area (Å²) in [5.74, 6) is 0.564. The summed E-state index contributed by atoms with van der Waals surface area (Å²) in [4.78, 5) is 15.9. The Kier molecular flexibility index (Phi) is 4.61. The lowest BCUT2D eigenvalue weighted by Crippen LogP contribution is -2.28. The number of hydrogen-bond acceptors (Lipinski definition) is 5. The van der Waals surface area contributed by atoms with Crippen molar-refractivity contribution in [3.63, 3.8) is 0 Å². The van der Waals surface area contributed by atoms with Gasteiger partial charge < -0.3 is 4.74 Å².